The highest BCUT2D eigenvalue weighted by molar-refractivity contribution is 7.19. The van der Waals surface area contributed by atoms with Gasteiger partial charge in [-0.25, -0.2) is 9.78 Å². The van der Waals surface area contributed by atoms with Gasteiger partial charge in [0.2, 0.25) is 0 Å². The third kappa shape index (κ3) is 12.3. The summed E-state index contributed by atoms with van der Waals surface area (Å²) in [7, 11) is 1.50. The average Bonchev–Trinajstić information content (AvgIpc) is 3.53. The molecular formula is C40H60O8S. The normalized spacial score (nSPS) is 21.0. The van der Waals surface area contributed by atoms with Gasteiger partial charge in [-0.05, 0) is 60.9 Å². The van der Waals surface area contributed by atoms with Crippen molar-refractivity contribution >= 4 is 21.4 Å². The minimum absolute atomic E-state index is 0.297. The highest BCUT2D eigenvalue weighted by atomic mass is 32.1. The number of benzene rings is 2. The van der Waals surface area contributed by atoms with E-state index < -0.39 is 12.2 Å². The van der Waals surface area contributed by atoms with E-state index in [9.17, 15) is 0 Å². The molecule has 1 unspecified atom stereocenters. The van der Waals surface area contributed by atoms with Crippen LogP contribution in [0.4, 0.5) is 0 Å². The van der Waals surface area contributed by atoms with Gasteiger partial charge < -0.3 is 28.4 Å². The van der Waals surface area contributed by atoms with E-state index >= 15 is 0 Å². The van der Waals surface area contributed by atoms with Crippen molar-refractivity contribution in [3.05, 3.63) is 64.5 Å². The van der Waals surface area contributed by atoms with Gasteiger partial charge in [-0.1, -0.05) is 77.6 Å². The number of ether oxygens (including phenoxy) is 6. The molecule has 0 aliphatic carbocycles. The molecule has 0 N–H and O–H groups in total. The number of rotatable bonds is 25. The van der Waals surface area contributed by atoms with Crippen LogP contribution in [0.3, 0.4) is 0 Å². The molecule has 0 radical (unpaired) electrons. The van der Waals surface area contributed by atoms with Crippen LogP contribution >= 0.6 is 11.3 Å². The predicted octanol–water partition coefficient (Wildman–Crippen LogP) is 9.26. The zero-order chi connectivity index (χ0) is 34.7. The van der Waals surface area contributed by atoms with Crippen molar-refractivity contribution in [1.29, 1.82) is 0 Å². The van der Waals surface area contributed by atoms with Gasteiger partial charge in [0.05, 0.1) is 13.7 Å². The van der Waals surface area contributed by atoms with E-state index in [2.05, 4.69) is 76.2 Å². The van der Waals surface area contributed by atoms with Gasteiger partial charge in [0.25, 0.3) is 0 Å². The van der Waals surface area contributed by atoms with E-state index in [1.807, 2.05) is 11.3 Å². The van der Waals surface area contributed by atoms with Gasteiger partial charge in [-0.3, -0.25) is 0 Å². The second kappa shape index (κ2) is 22.7. The second-order valence-corrected chi connectivity index (χ2v) is 13.9. The first kappa shape index (κ1) is 39.7. The molecule has 1 saturated heterocycles. The number of hydrogen-bond donors (Lipinski definition) is 0. The molecule has 1 aliphatic heterocycles. The Hall–Kier alpha value is -2.08. The van der Waals surface area contributed by atoms with E-state index in [1.165, 1.54) is 27.6 Å². The van der Waals surface area contributed by atoms with Gasteiger partial charge in [-0.2, -0.15) is 0 Å². The summed E-state index contributed by atoms with van der Waals surface area (Å²) in [6.07, 6.45) is 6.99. The molecule has 1 aromatic heterocycles. The maximum absolute atomic E-state index is 7.11. The standard InChI is InChI=1S/C40H60O8S/c1-6-10-20-42-29-35-38(44-21-11-7-2)40(46-23-13-9-4)39(45-22-12-8-3)37(48-35)33-27-30(18-19-34(33)43-24-25-47-41-5)26-32-28-31-16-14-15-17-36(31)49-32/h14-19,27-28,35,37-40H,6-13,20-26,29H2,1-5H3/t35-,37+,38-,39+,40?/m1/s1. The Morgan fingerprint density at radius 1 is 0.694 bits per heavy atom. The fourth-order valence-corrected chi connectivity index (χ4v) is 7.16. The number of unbranched alkanes of at least 4 members (excludes halogenated alkanes) is 4. The van der Waals surface area contributed by atoms with Crippen LogP contribution in [0.1, 0.15) is 101 Å². The van der Waals surface area contributed by atoms with Crippen LogP contribution in [0.15, 0.2) is 48.5 Å². The van der Waals surface area contributed by atoms with Crippen LogP contribution in [0.5, 0.6) is 5.75 Å². The number of thiophene rings is 1. The van der Waals surface area contributed by atoms with Crippen LogP contribution in [0.25, 0.3) is 10.1 Å². The molecule has 274 valence electrons. The lowest BCUT2D eigenvalue weighted by molar-refractivity contribution is -0.275. The second-order valence-electron chi connectivity index (χ2n) is 12.7. The SMILES string of the molecule is CCCCOC[C@H]1O[C@@H](c2cc(Cc3cc4ccccc4s3)ccc2OCCOOC)[C@H](OCCCC)C(OCCCC)[C@@H]1OCCCC. The van der Waals surface area contributed by atoms with E-state index in [4.69, 9.17) is 38.2 Å². The van der Waals surface area contributed by atoms with Crippen molar-refractivity contribution < 1.29 is 38.2 Å². The maximum atomic E-state index is 7.11. The molecule has 0 saturated carbocycles. The van der Waals surface area contributed by atoms with Crippen LogP contribution in [-0.2, 0) is 39.9 Å². The molecular weight excluding hydrogens is 640 g/mol. The van der Waals surface area contributed by atoms with Gasteiger partial charge >= 0.3 is 0 Å². The lowest BCUT2D eigenvalue weighted by Crippen LogP contribution is -2.58. The zero-order valence-electron chi connectivity index (χ0n) is 30.5. The Balaban J connectivity index is 1.75. The first-order chi connectivity index (χ1) is 24.1. The summed E-state index contributed by atoms with van der Waals surface area (Å²) in [6.45, 7) is 12.3. The van der Waals surface area contributed by atoms with Crippen LogP contribution in [0, 0.1) is 0 Å². The number of fused-ring (bicyclic) bond motifs is 1. The molecule has 4 rings (SSSR count). The quantitative estimate of drug-likeness (QED) is 0.0492. The van der Waals surface area contributed by atoms with Gasteiger partial charge in [0.15, 0.2) is 0 Å². The molecule has 8 nitrogen and oxygen atoms in total. The van der Waals surface area contributed by atoms with E-state index in [1.54, 1.807) is 0 Å². The molecule has 0 spiro atoms. The largest absolute Gasteiger partial charge is 0.491 e. The molecule has 1 aliphatic rings. The third-order valence-electron chi connectivity index (χ3n) is 8.76. The smallest absolute Gasteiger partial charge is 0.125 e. The predicted molar refractivity (Wildman–Crippen MR) is 197 cm³/mol. The first-order valence-corrected chi connectivity index (χ1v) is 19.4. The molecule has 2 heterocycles. The minimum atomic E-state index is -0.463. The summed E-state index contributed by atoms with van der Waals surface area (Å²) >= 11 is 1.84. The van der Waals surface area contributed by atoms with E-state index in [0.717, 1.165) is 69.1 Å². The lowest BCUT2D eigenvalue weighted by atomic mass is 9.89. The first-order valence-electron chi connectivity index (χ1n) is 18.6. The summed E-state index contributed by atoms with van der Waals surface area (Å²) in [4.78, 5) is 11.3. The molecule has 0 amide bonds. The Morgan fingerprint density at radius 2 is 1.37 bits per heavy atom. The van der Waals surface area contributed by atoms with Gasteiger partial charge in [-0.15, -0.1) is 11.3 Å². The summed E-state index contributed by atoms with van der Waals surface area (Å²) in [5.74, 6) is 0.734. The van der Waals surface area contributed by atoms with Gasteiger partial charge in [0, 0.05) is 48.0 Å². The summed E-state index contributed by atoms with van der Waals surface area (Å²) in [5, 5.41) is 1.27. The van der Waals surface area contributed by atoms with Crippen molar-refractivity contribution in [3.63, 3.8) is 0 Å². The Labute approximate surface area is 298 Å². The zero-order valence-corrected chi connectivity index (χ0v) is 31.3. The molecule has 1 fully saturated rings. The fraction of sp³-hybridized carbons (Fsp3) is 0.650. The van der Waals surface area contributed by atoms with Crippen LogP contribution in [-0.4, -0.2) is 77.8 Å². The molecule has 5 atom stereocenters. The summed E-state index contributed by atoms with van der Waals surface area (Å²) < 4.78 is 41.2. The Bertz CT molecular complexity index is 1280. The third-order valence-corrected chi connectivity index (χ3v) is 9.88. The maximum Gasteiger partial charge on any atom is 0.125 e. The van der Waals surface area contributed by atoms with Crippen molar-refractivity contribution in [1.82, 2.24) is 0 Å². The van der Waals surface area contributed by atoms with Crippen molar-refractivity contribution in [2.24, 2.45) is 0 Å². The highest BCUT2D eigenvalue weighted by Crippen LogP contribution is 2.42. The average molecular weight is 701 g/mol. The molecule has 0 bridgehead atoms. The van der Waals surface area contributed by atoms with Crippen molar-refractivity contribution in [2.75, 3.05) is 53.4 Å². The lowest BCUT2D eigenvalue weighted by Gasteiger charge is -2.46. The minimum Gasteiger partial charge on any atom is -0.491 e. The summed E-state index contributed by atoms with van der Waals surface area (Å²) in [5.41, 5.74) is 2.12. The van der Waals surface area contributed by atoms with Crippen LogP contribution < -0.4 is 4.74 Å². The van der Waals surface area contributed by atoms with Crippen LogP contribution in [0.2, 0.25) is 0 Å². The number of hydrogen-bond acceptors (Lipinski definition) is 9. The molecule has 3 aromatic rings. The topological polar surface area (TPSA) is 73.8 Å². The van der Waals surface area contributed by atoms with Crippen molar-refractivity contribution in [2.45, 2.75) is 116 Å². The monoisotopic (exact) mass is 700 g/mol. The van der Waals surface area contributed by atoms with Crippen molar-refractivity contribution in [3.8, 4) is 5.75 Å². The molecule has 2 aromatic carbocycles. The van der Waals surface area contributed by atoms with E-state index in [-0.39, 0.29) is 18.3 Å². The molecule has 49 heavy (non-hydrogen) atoms. The molecule has 9 heteroatoms. The Morgan fingerprint density at radius 3 is 2.06 bits per heavy atom. The Kier molecular flexibility index (Phi) is 18.4. The van der Waals surface area contributed by atoms with E-state index in [0.29, 0.717) is 46.2 Å². The van der Waals surface area contributed by atoms with Gasteiger partial charge in [0.1, 0.15) is 49.5 Å². The highest BCUT2D eigenvalue weighted by Gasteiger charge is 2.49. The summed E-state index contributed by atoms with van der Waals surface area (Å²) in [6, 6.07) is 17.3. The fourth-order valence-electron chi connectivity index (χ4n) is 6.07.